The summed E-state index contributed by atoms with van der Waals surface area (Å²) in [5.41, 5.74) is 3.96. The minimum Gasteiger partial charge on any atom is -0.463 e. The Balaban J connectivity index is 1.54. The first-order valence-electron chi connectivity index (χ1n) is 8.03. The summed E-state index contributed by atoms with van der Waals surface area (Å²) in [6.45, 7) is 1.91. The number of furan rings is 1. The molecule has 0 spiro atoms. The average molecular weight is 363 g/mol. The molecule has 5 aromatic rings. The topological polar surface area (TPSA) is 77.7 Å². The van der Waals surface area contributed by atoms with Crippen LogP contribution in [0, 0.1) is 6.92 Å². The van der Waals surface area contributed by atoms with Crippen molar-refractivity contribution in [1.29, 1.82) is 0 Å². The lowest BCUT2D eigenvalue weighted by Crippen LogP contribution is -2.14. The minimum absolute atomic E-state index is 0.0912. The second-order valence-electron chi connectivity index (χ2n) is 5.89. The molecule has 0 aliphatic rings. The zero-order chi connectivity index (χ0) is 17.7. The van der Waals surface area contributed by atoms with Crippen LogP contribution < -0.4 is 5.56 Å². The number of pyridine rings is 1. The van der Waals surface area contributed by atoms with E-state index < -0.39 is 0 Å². The Hall–Kier alpha value is -3.13. The zero-order valence-electron chi connectivity index (χ0n) is 13.8. The Morgan fingerprint density at radius 2 is 2.08 bits per heavy atom. The second kappa shape index (κ2) is 5.70. The summed E-state index contributed by atoms with van der Waals surface area (Å²) < 4.78 is 9.05. The number of thioether (sulfide) groups is 1. The van der Waals surface area contributed by atoms with Gasteiger partial charge >= 0.3 is 0 Å². The smallest absolute Gasteiger partial charge is 0.258 e. The normalized spacial score (nSPS) is 11.7. The van der Waals surface area contributed by atoms with E-state index >= 15 is 0 Å². The Kier molecular flexibility index (Phi) is 3.32. The summed E-state index contributed by atoms with van der Waals surface area (Å²) >= 11 is 1.50. The van der Waals surface area contributed by atoms with E-state index in [0.717, 1.165) is 27.5 Å². The molecule has 26 heavy (non-hydrogen) atoms. The molecule has 0 saturated heterocycles. The largest absolute Gasteiger partial charge is 0.463 e. The lowest BCUT2D eigenvalue weighted by Gasteiger charge is -2.06. The first-order valence-corrected chi connectivity index (χ1v) is 9.01. The first-order chi connectivity index (χ1) is 12.7. The van der Waals surface area contributed by atoms with Crippen molar-refractivity contribution >= 4 is 34.0 Å². The molecule has 5 rings (SSSR count). The monoisotopic (exact) mass is 363 g/mol. The molecule has 0 radical (unpaired) electrons. The number of hydrogen-bond acceptors (Lipinski definition) is 6. The van der Waals surface area contributed by atoms with Gasteiger partial charge in [0.25, 0.3) is 5.56 Å². The SMILES string of the molecule is Cc1nnc(SCc2cc(=O)n3ccccc3n2)c2cc3occc3n12. The van der Waals surface area contributed by atoms with Crippen LogP contribution >= 0.6 is 11.8 Å². The van der Waals surface area contributed by atoms with Crippen molar-refractivity contribution < 1.29 is 4.42 Å². The van der Waals surface area contributed by atoms with E-state index in [0.29, 0.717) is 17.1 Å². The molecule has 5 heterocycles. The van der Waals surface area contributed by atoms with E-state index in [9.17, 15) is 4.79 Å². The van der Waals surface area contributed by atoms with E-state index in [1.54, 1.807) is 18.5 Å². The summed E-state index contributed by atoms with van der Waals surface area (Å²) in [5, 5.41) is 9.35. The van der Waals surface area contributed by atoms with Crippen LogP contribution in [0.2, 0.25) is 0 Å². The molecular formula is C18H13N5O2S. The second-order valence-corrected chi connectivity index (χ2v) is 6.85. The van der Waals surface area contributed by atoms with Crippen molar-refractivity contribution in [2.45, 2.75) is 17.7 Å². The van der Waals surface area contributed by atoms with Gasteiger partial charge in [-0.2, -0.15) is 0 Å². The average Bonchev–Trinajstić information content (AvgIpc) is 3.23. The Bertz CT molecular complexity index is 1330. The van der Waals surface area contributed by atoms with Crippen molar-refractivity contribution in [3.05, 3.63) is 70.7 Å². The fourth-order valence-electron chi connectivity index (χ4n) is 3.07. The van der Waals surface area contributed by atoms with Gasteiger partial charge in [0.1, 0.15) is 16.5 Å². The van der Waals surface area contributed by atoms with Gasteiger partial charge in [0.2, 0.25) is 0 Å². The molecule has 0 aliphatic heterocycles. The highest BCUT2D eigenvalue weighted by Gasteiger charge is 2.14. The maximum Gasteiger partial charge on any atom is 0.258 e. The number of nitrogens with zero attached hydrogens (tertiary/aromatic N) is 5. The standard InChI is InChI=1S/C18H13N5O2S/c1-11-20-21-18(14-9-15-13(23(11)14)5-7-25-15)26-10-12-8-17(24)22-6-3-2-4-16(22)19-12/h2-9H,10H2,1H3. The van der Waals surface area contributed by atoms with Crippen LogP contribution in [-0.4, -0.2) is 24.0 Å². The number of rotatable bonds is 3. The van der Waals surface area contributed by atoms with Gasteiger partial charge in [0, 0.05) is 30.1 Å². The van der Waals surface area contributed by atoms with Crippen LogP contribution in [0.15, 0.2) is 63.1 Å². The van der Waals surface area contributed by atoms with Crippen molar-refractivity contribution in [2.24, 2.45) is 0 Å². The Labute approximate surface area is 151 Å². The lowest BCUT2D eigenvalue weighted by molar-refractivity contribution is 0.616. The Morgan fingerprint density at radius 3 is 3.00 bits per heavy atom. The van der Waals surface area contributed by atoms with Crippen molar-refractivity contribution in [3.63, 3.8) is 0 Å². The lowest BCUT2D eigenvalue weighted by atomic mass is 10.4. The van der Waals surface area contributed by atoms with Gasteiger partial charge in [0.05, 0.1) is 23.0 Å². The molecule has 0 unspecified atom stereocenters. The van der Waals surface area contributed by atoms with Gasteiger partial charge in [-0.3, -0.25) is 13.6 Å². The molecule has 0 saturated carbocycles. The summed E-state index contributed by atoms with van der Waals surface area (Å²) in [7, 11) is 0. The van der Waals surface area contributed by atoms with Crippen molar-refractivity contribution in [2.75, 3.05) is 0 Å². The summed E-state index contributed by atoms with van der Waals surface area (Å²) in [6.07, 6.45) is 3.38. The molecule has 0 aliphatic carbocycles. The molecule has 0 N–H and O–H groups in total. The molecular weight excluding hydrogens is 350 g/mol. The van der Waals surface area contributed by atoms with Crippen molar-refractivity contribution in [1.82, 2.24) is 24.0 Å². The molecule has 0 fully saturated rings. The maximum atomic E-state index is 12.2. The highest BCUT2D eigenvalue weighted by atomic mass is 32.2. The van der Waals surface area contributed by atoms with Gasteiger partial charge < -0.3 is 4.42 Å². The van der Waals surface area contributed by atoms with Crippen LogP contribution in [0.25, 0.3) is 22.3 Å². The van der Waals surface area contributed by atoms with Crippen LogP contribution in [-0.2, 0) is 5.75 Å². The summed E-state index contributed by atoms with van der Waals surface area (Å²) in [6, 6.07) is 10.9. The number of aromatic nitrogens is 5. The predicted molar refractivity (Wildman–Crippen MR) is 98.5 cm³/mol. The van der Waals surface area contributed by atoms with Crippen LogP contribution in [0.3, 0.4) is 0 Å². The summed E-state index contributed by atoms with van der Waals surface area (Å²) in [4.78, 5) is 16.8. The molecule has 0 bridgehead atoms. The van der Waals surface area contributed by atoms with Gasteiger partial charge in [-0.05, 0) is 19.1 Å². The molecule has 0 amide bonds. The molecule has 5 aromatic heterocycles. The van der Waals surface area contributed by atoms with Gasteiger partial charge in [0.15, 0.2) is 5.58 Å². The summed E-state index contributed by atoms with van der Waals surface area (Å²) in [5.74, 6) is 1.32. The third-order valence-corrected chi connectivity index (χ3v) is 5.24. The molecule has 0 atom stereocenters. The Morgan fingerprint density at radius 1 is 1.15 bits per heavy atom. The number of hydrogen-bond donors (Lipinski definition) is 0. The fourth-order valence-corrected chi connectivity index (χ4v) is 3.90. The van der Waals surface area contributed by atoms with Crippen LogP contribution in [0.1, 0.15) is 11.5 Å². The number of fused-ring (bicyclic) bond motifs is 4. The minimum atomic E-state index is -0.0912. The third kappa shape index (κ3) is 2.30. The van der Waals surface area contributed by atoms with Crippen LogP contribution in [0.4, 0.5) is 0 Å². The van der Waals surface area contributed by atoms with E-state index in [2.05, 4.69) is 15.2 Å². The molecule has 8 heteroatoms. The van der Waals surface area contributed by atoms with E-state index in [4.69, 9.17) is 4.42 Å². The molecule has 128 valence electrons. The van der Waals surface area contributed by atoms with Gasteiger partial charge in [-0.25, -0.2) is 4.98 Å². The van der Waals surface area contributed by atoms with Crippen molar-refractivity contribution in [3.8, 4) is 0 Å². The predicted octanol–water partition coefficient (Wildman–Crippen LogP) is 3.08. The third-order valence-electron chi connectivity index (χ3n) is 4.23. The van der Waals surface area contributed by atoms with Gasteiger partial charge in [-0.1, -0.05) is 17.8 Å². The van der Waals surface area contributed by atoms with Gasteiger partial charge in [-0.15, -0.1) is 10.2 Å². The number of aryl methyl sites for hydroxylation is 1. The van der Waals surface area contributed by atoms with E-state index in [1.165, 1.54) is 16.2 Å². The quantitative estimate of drug-likeness (QED) is 0.459. The molecule has 7 nitrogen and oxygen atoms in total. The van der Waals surface area contributed by atoms with E-state index in [-0.39, 0.29) is 5.56 Å². The zero-order valence-corrected chi connectivity index (χ0v) is 14.6. The first kappa shape index (κ1) is 15.2. The highest BCUT2D eigenvalue weighted by molar-refractivity contribution is 7.98. The fraction of sp³-hybridized carbons (Fsp3) is 0.111. The molecule has 0 aromatic carbocycles. The van der Waals surface area contributed by atoms with Crippen LogP contribution in [0.5, 0.6) is 0 Å². The highest BCUT2D eigenvalue weighted by Crippen LogP contribution is 2.29. The van der Waals surface area contributed by atoms with E-state index in [1.807, 2.05) is 41.7 Å². The maximum absolute atomic E-state index is 12.2.